The summed E-state index contributed by atoms with van der Waals surface area (Å²) in [7, 11) is 0. The fourth-order valence-corrected chi connectivity index (χ4v) is 4.25. The maximum Gasteiger partial charge on any atom is 0.438 e. The minimum absolute atomic E-state index is 0.140. The van der Waals surface area contributed by atoms with Gasteiger partial charge in [-0.3, -0.25) is 19.0 Å². The Bertz CT molecular complexity index is 1450. The fraction of sp³-hybridized carbons (Fsp3) is 0.0417. The molecule has 10 heteroatoms. The molecular formula is C24H17N4O5S+. The lowest BCUT2D eigenvalue weighted by Gasteiger charge is -2.17. The molecule has 4 aromatic rings. The number of anilines is 1. The number of para-hydroxylation sites is 2. The van der Waals surface area contributed by atoms with Crippen molar-refractivity contribution in [1.29, 1.82) is 0 Å². The second kappa shape index (κ2) is 9.20. The maximum atomic E-state index is 13.1. The van der Waals surface area contributed by atoms with Gasteiger partial charge in [-0.05, 0) is 34.2 Å². The summed E-state index contributed by atoms with van der Waals surface area (Å²) in [5.74, 6) is -0.483. The van der Waals surface area contributed by atoms with E-state index in [-0.39, 0.29) is 23.1 Å². The van der Waals surface area contributed by atoms with Crippen LogP contribution in [0.2, 0.25) is 0 Å². The highest BCUT2D eigenvalue weighted by Crippen LogP contribution is 2.29. The number of Topliss-reactive ketones (excluding diaryl/α,β-unsaturated/α-hetero) is 1. The highest BCUT2D eigenvalue weighted by Gasteiger charge is 2.35. The number of rotatable bonds is 6. The minimum Gasteiger partial charge on any atom is -0.465 e. The van der Waals surface area contributed by atoms with Crippen LogP contribution in [-0.4, -0.2) is 27.9 Å². The summed E-state index contributed by atoms with van der Waals surface area (Å²) >= 11 is 1.05. The van der Waals surface area contributed by atoms with Crippen molar-refractivity contribution < 1.29 is 23.2 Å². The van der Waals surface area contributed by atoms with E-state index < -0.39 is 11.4 Å². The van der Waals surface area contributed by atoms with Crippen LogP contribution in [0.3, 0.4) is 0 Å². The van der Waals surface area contributed by atoms with Crippen LogP contribution in [0.5, 0.6) is 0 Å². The van der Waals surface area contributed by atoms with Gasteiger partial charge in [0.25, 0.3) is 5.91 Å². The highest BCUT2D eigenvalue weighted by atomic mass is 32.2. The van der Waals surface area contributed by atoms with E-state index >= 15 is 0 Å². The Hall–Kier alpha value is -4.44. The van der Waals surface area contributed by atoms with Gasteiger partial charge in [0.05, 0.1) is 17.7 Å². The number of nitrogens with one attached hydrogen (secondary N) is 1. The molecule has 0 unspecified atom stereocenters. The molecule has 0 radical (unpaired) electrons. The Balaban J connectivity index is 1.43. The van der Waals surface area contributed by atoms with Crippen molar-refractivity contribution in [2.24, 2.45) is 4.99 Å². The summed E-state index contributed by atoms with van der Waals surface area (Å²) in [5, 5.41) is 2.77. The molecule has 0 saturated heterocycles. The Morgan fingerprint density at radius 3 is 2.47 bits per heavy atom. The first-order valence-electron chi connectivity index (χ1n) is 10.2. The highest BCUT2D eigenvalue weighted by molar-refractivity contribution is 8.14. The summed E-state index contributed by atoms with van der Waals surface area (Å²) in [6.07, 6.45) is 3.04. The van der Waals surface area contributed by atoms with Crippen LogP contribution in [-0.2, 0) is 4.79 Å². The van der Waals surface area contributed by atoms with E-state index in [0.29, 0.717) is 22.3 Å². The van der Waals surface area contributed by atoms with Crippen molar-refractivity contribution >= 4 is 40.4 Å². The summed E-state index contributed by atoms with van der Waals surface area (Å²) < 4.78 is 11.5. The third kappa shape index (κ3) is 4.14. The number of hydrogen-bond acceptors (Lipinski definition) is 7. The molecule has 1 amide bonds. The third-order valence-electron chi connectivity index (χ3n) is 4.92. The zero-order chi connectivity index (χ0) is 23.5. The molecule has 2 aromatic heterocycles. The van der Waals surface area contributed by atoms with Gasteiger partial charge in [-0.2, -0.15) is 0 Å². The predicted molar refractivity (Wildman–Crippen MR) is 126 cm³/mol. The molecule has 1 aliphatic heterocycles. The molecule has 1 N–H and O–H groups in total. The number of carbonyl (C=O) groups excluding carboxylic acids is 2. The number of H-pyrrole nitrogens is 1. The lowest BCUT2D eigenvalue weighted by Crippen LogP contribution is -2.41. The molecule has 0 saturated carbocycles. The molecule has 3 heterocycles. The van der Waals surface area contributed by atoms with Crippen molar-refractivity contribution in [3.63, 3.8) is 0 Å². The topological polar surface area (TPSA) is 113 Å². The van der Waals surface area contributed by atoms with E-state index in [1.165, 1.54) is 21.9 Å². The first-order valence-corrected chi connectivity index (χ1v) is 11.2. The number of aromatic nitrogens is 2. The number of benzene rings is 2. The number of thioether (sulfide) groups is 1. The van der Waals surface area contributed by atoms with Gasteiger partial charge < -0.3 is 4.42 Å². The minimum atomic E-state index is -0.780. The van der Waals surface area contributed by atoms with Crippen LogP contribution < -0.4 is 15.2 Å². The molecule has 34 heavy (non-hydrogen) atoms. The third-order valence-corrected chi connectivity index (χ3v) is 5.86. The Kier molecular flexibility index (Phi) is 5.79. The molecule has 0 bridgehead atoms. The van der Waals surface area contributed by atoms with Crippen molar-refractivity contribution in [2.75, 3.05) is 10.7 Å². The number of carbonyl (C=O) groups is 2. The molecule has 0 spiro atoms. The zero-order valence-electron chi connectivity index (χ0n) is 17.6. The van der Waals surface area contributed by atoms with E-state index in [0.717, 1.165) is 11.8 Å². The van der Waals surface area contributed by atoms with Crippen LogP contribution in [0.1, 0.15) is 16.2 Å². The standard InChI is InChI=1S/C24H16N4O5S/c29-20(21-23(31)33-26-28(21)17-10-5-2-6-11-17)15-34-24-25-19(14-18-12-7-13-32-18)22(30)27(24)16-8-3-1-4-9-16/h1-14H,15H2/p+1/b19-14+. The molecular weight excluding hydrogens is 456 g/mol. The lowest BCUT2D eigenvalue weighted by molar-refractivity contribution is -0.672. The summed E-state index contributed by atoms with van der Waals surface area (Å²) in [4.78, 5) is 44.3. The molecule has 0 fully saturated rings. The SMILES string of the molecule is O=C(CSC1=N/C(=C/c2ccco2)C(=O)N1c1ccccc1)c1c(=O)o[nH][n+]1-c1ccccc1. The largest absolute Gasteiger partial charge is 0.465 e. The van der Waals surface area contributed by atoms with Gasteiger partial charge in [0.15, 0.2) is 5.17 Å². The second-order valence-corrected chi connectivity index (χ2v) is 8.07. The van der Waals surface area contributed by atoms with Crippen LogP contribution in [0.4, 0.5) is 5.69 Å². The van der Waals surface area contributed by atoms with Crippen molar-refractivity contribution in [2.45, 2.75) is 0 Å². The first-order chi connectivity index (χ1) is 16.6. The maximum absolute atomic E-state index is 13.1. The number of aromatic amines is 1. The number of amidine groups is 1. The van der Waals surface area contributed by atoms with Gasteiger partial charge in [0, 0.05) is 18.2 Å². The smallest absolute Gasteiger partial charge is 0.438 e. The number of hydrogen-bond donors (Lipinski definition) is 1. The average Bonchev–Trinajstić information content (AvgIpc) is 3.59. The van der Waals surface area contributed by atoms with E-state index in [1.54, 1.807) is 60.7 Å². The number of amides is 1. The van der Waals surface area contributed by atoms with Crippen LogP contribution in [0.15, 0.2) is 103 Å². The Labute approximate surface area is 197 Å². The summed E-state index contributed by atoms with van der Waals surface area (Å²) in [5.41, 5.74) is 0.423. The van der Waals surface area contributed by atoms with Gasteiger partial charge in [-0.1, -0.05) is 48.2 Å². The zero-order valence-corrected chi connectivity index (χ0v) is 18.4. The van der Waals surface area contributed by atoms with Gasteiger partial charge in [-0.25, -0.2) is 9.79 Å². The molecule has 0 aliphatic carbocycles. The number of ketones is 1. The van der Waals surface area contributed by atoms with Crippen molar-refractivity contribution in [1.82, 2.24) is 5.27 Å². The molecule has 2 aromatic carbocycles. The number of aliphatic imine (C=N–C) groups is 1. The van der Waals surface area contributed by atoms with Crippen molar-refractivity contribution in [3.05, 3.63) is 107 Å². The van der Waals surface area contributed by atoms with Gasteiger partial charge in [0.1, 0.15) is 11.5 Å². The normalized spacial score (nSPS) is 14.6. The van der Waals surface area contributed by atoms with E-state index in [1.807, 2.05) is 12.1 Å². The molecule has 168 valence electrons. The Morgan fingerprint density at radius 1 is 1.03 bits per heavy atom. The predicted octanol–water partition coefficient (Wildman–Crippen LogP) is 3.20. The van der Waals surface area contributed by atoms with Crippen LogP contribution in [0.25, 0.3) is 11.8 Å². The molecule has 0 atom stereocenters. The van der Waals surface area contributed by atoms with E-state index in [4.69, 9.17) is 8.94 Å². The molecule has 9 nitrogen and oxygen atoms in total. The van der Waals surface area contributed by atoms with Crippen molar-refractivity contribution in [3.8, 4) is 5.69 Å². The first kappa shape index (κ1) is 21.4. The fourth-order valence-electron chi connectivity index (χ4n) is 3.37. The van der Waals surface area contributed by atoms with E-state index in [9.17, 15) is 14.4 Å². The Morgan fingerprint density at radius 2 is 1.76 bits per heavy atom. The second-order valence-electron chi connectivity index (χ2n) is 7.13. The molecule has 5 rings (SSSR count). The van der Waals surface area contributed by atoms with E-state index in [2.05, 4.69) is 10.3 Å². The van der Waals surface area contributed by atoms with Gasteiger partial charge in [0.2, 0.25) is 11.5 Å². The van der Waals surface area contributed by atoms with Crippen LogP contribution >= 0.6 is 11.8 Å². The van der Waals surface area contributed by atoms with Gasteiger partial charge in [-0.15, -0.1) is 0 Å². The lowest BCUT2D eigenvalue weighted by atomic mass is 10.2. The summed E-state index contributed by atoms with van der Waals surface area (Å²) in [6.45, 7) is 0. The number of furan rings is 1. The number of nitrogens with zero attached hydrogens (tertiary/aromatic N) is 3. The average molecular weight is 473 g/mol. The summed E-state index contributed by atoms with van der Waals surface area (Å²) in [6, 6.07) is 21.3. The quantitative estimate of drug-likeness (QED) is 0.261. The van der Waals surface area contributed by atoms with Gasteiger partial charge >= 0.3 is 11.3 Å². The monoisotopic (exact) mass is 473 g/mol. The van der Waals surface area contributed by atoms with Crippen LogP contribution in [0, 0.1) is 0 Å². The molecule has 1 aliphatic rings.